The van der Waals surface area contributed by atoms with E-state index in [1.165, 1.54) is 12.1 Å². The van der Waals surface area contributed by atoms with Gasteiger partial charge in [-0.1, -0.05) is 48.0 Å². The Morgan fingerprint density at radius 1 is 1.08 bits per heavy atom. The van der Waals surface area contributed by atoms with Gasteiger partial charge in [0.25, 0.3) is 0 Å². The number of rotatable bonds is 4. The summed E-state index contributed by atoms with van der Waals surface area (Å²) in [4.78, 5) is 10.5. The van der Waals surface area contributed by atoms with Crippen molar-refractivity contribution in [3.63, 3.8) is 0 Å². The van der Waals surface area contributed by atoms with Crippen LogP contribution in [0.4, 0.5) is 0 Å². The summed E-state index contributed by atoms with van der Waals surface area (Å²) in [6.07, 6.45) is 0. The summed E-state index contributed by atoms with van der Waals surface area (Å²) in [6, 6.07) is 15.3. The van der Waals surface area contributed by atoms with Gasteiger partial charge in [-0.25, -0.2) is 8.42 Å². The molecule has 0 aliphatic heterocycles. The van der Waals surface area contributed by atoms with Crippen LogP contribution >= 0.6 is 0 Å². The van der Waals surface area contributed by atoms with Gasteiger partial charge < -0.3 is 15.0 Å². The summed E-state index contributed by atoms with van der Waals surface area (Å²) in [5.41, 5.74) is 6.96. The predicted molar refractivity (Wildman–Crippen MR) is 84.4 cm³/mol. The molecular weight excluding hydrogens is 341 g/mol. The van der Waals surface area contributed by atoms with Crippen molar-refractivity contribution < 1.29 is 52.1 Å². The Morgan fingerprint density at radius 3 is 2.08 bits per heavy atom. The summed E-state index contributed by atoms with van der Waals surface area (Å²) in [7, 11) is -4.27. The Kier molecular flexibility index (Phi) is 10.8. The molecule has 2 aromatic rings. The molecule has 0 radical (unpaired) electrons. The zero-order valence-electron chi connectivity index (χ0n) is 13.6. The Balaban J connectivity index is 0.000000425. The number of hydrogen-bond donors (Lipinski definition) is 1. The molecule has 8 heteroatoms. The van der Waals surface area contributed by atoms with E-state index >= 15 is 0 Å². The van der Waals surface area contributed by atoms with Crippen molar-refractivity contribution in [1.82, 2.24) is 0 Å². The minimum Gasteiger partial charge on any atom is -0.744 e. The smallest absolute Gasteiger partial charge is 0.744 e. The molecule has 0 bridgehead atoms. The van der Waals surface area contributed by atoms with Crippen LogP contribution in [0.2, 0.25) is 0 Å². The van der Waals surface area contributed by atoms with Gasteiger partial charge in [-0.2, -0.15) is 0 Å². The fourth-order valence-electron chi connectivity index (χ4n) is 1.50. The number of carbonyl (C=O) groups excluding carboxylic acids is 1. The predicted octanol–water partition coefficient (Wildman–Crippen LogP) is -1.41. The van der Waals surface area contributed by atoms with Gasteiger partial charge >= 0.3 is 35.5 Å². The van der Waals surface area contributed by atoms with E-state index < -0.39 is 10.1 Å². The molecule has 2 N–H and O–H groups in total. The van der Waals surface area contributed by atoms with Crippen LogP contribution in [-0.4, -0.2) is 25.5 Å². The van der Waals surface area contributed by atoms with Gasteiger partial charge in [0.2, 0.25) is 0 Å². The SMILES string of the molecule is Cc1ccc(S(=O)(=O)[O-])cc1.NCC(=O)OCc1ccccc1.[Na+]. The van der Waals surface area contributed by atoms with E-state index in [4.69, 9.17) is 10.5 Å². The Hall–Kier alpha value is -1.22. The Bertz CT molecular complexity index is 718. The fourth-order valence-corrected chi connectivity index (χ4v) is 1.97. The topological polar surface area (TPSA) is 110 Å². The molecule has 0 aromatic heterocycles. The molecule has 2 rings (SSSR count). The van der Waals surface area contributed by atoms with E-state index in [0.717, 1.165) is 11.1 Å². The summed E-state index contributed by atoms with van der Waals surface area (Å²) in [5, 5.41) is 0. The van der Waals surface area contributed by atoms with E-state index in [2.05, 4.69) is 0 Å². The van der Waals surface area contributed by atoms with Crippen molar-refractivity contribution in [2.45, 2.75) is 18.4 Å². The van der Waals surface area contributed by atoms with Crippen molar-refractivity contribution in [2.75, 3.05) is 6.54 Å². The average molecular weight is 359 g/mol. The van der Waals surface area contributed by atoms with Crippen LogP contribution in [0.15, 0.2) is 59.5 Å². The molecular formula is C16H18NNaO5S. The first kappa shape index (κ1) is 22.8. The summed E-state index contributed by atoms with van der Waals surface area (Å²) in [5.74, 6) is -0.376. The molecule has 24 heavy (non-hydrogen) atoms. The van der Waals surface area contributed by atoms with Crippen LogP contribution in [0.3, 0.4) is 0 Å². The summed E-state index contributed by atoms with van der Waals surface area (Å²) >= 11 is 0. The number of ether oxygens (including phenoxy) is 1. The van der Waals surface area contributed by atoms with Gasteiger partial charge in [0.05, 0.1) is 11.4 Å². The zero-order chi connectivity index (χ0) is 17.3. The third kappa shape index (κ3) is 9.17. The molecule has 0 atom stereocenters. The molecule has 0 aliphatic rings. The second kappa shape index (κ2) is 11.4. The minimum absolute atomic E-state index is 0. The molecule has 0 unspecified atom stereocenters. The van der Waals surface area contributed by atoms with Crippen molar-refractivity contribution in [3.8, 4) is 0 Å². The molecule has 124 valence electrons. The van der Waals surface area contributed by atoms with E-state index in [0.29, 0.717) is 6.61 Å². The van der Waals surface area contributed by atoms with Crippen LogP contribution in [0.5, 0.6) is 0 Å². The maximum Gasteiger partial charge on any atom is 1.00 e. The van der Waals surface area contributed by atoms with Gasteiger partial charge in [0.1, 0.15) is 16.7 Å². The van der Waals surface area contributed by atoms with Crippen LogP contribution < -0.4 is 35.3 Å². The number of nitrogens with two attached hydrogens (primary N) is 1. The first-order valence-corrected chi connectivity index (χ1v) is 8.16. The van der Waals surface area contributed by atoms with Crippen LogP contribution in [0, 0.1) is 6.92 Å². The molecule has 0 amide bonds. The monoisotopic (exact) mass is 359 g/mol. The van der Waals surface area contributed by atoms with Crippen molar-refractivity contribution in [3.05, 3.63) is 65.7 Å². The molecule has 0 aliphatic carbocycles. The molecule has 0 saturated carbocycles. The molecule has 0 heterocycles. The second-order valence-electron chi connectivity index (χ2n) is 4.62. The summed E-state index contributed by atoms with van der Waals surface area (Å²) < 4.78 is 36.0. The molecule has 2 aromatic carbocycles. The van der Waals surface area contributed by atoms with E-state index in [-0.39, 0.29) is 47.0 Å². The Morgan fingerprint density at radius 2 is 1.62 bits per heavy atom. The first-order valence-electron chi connectivity index (χ1n) is 6.75. The molecule has 0 fully saturated rings. The quantitative estimate of drug-likeness (QED) is 0.408. The number of hydrogen-bond acceptors (Lipinski definition) is 6. The van der Waals surface area contributed by atoms with Crippen molar-refractivity contribution >= 4 is 16.1 Å². The largest absolute Gasteiger partial charge is 1.00 e. The maximum absolute atomic E-state index is 10.6. The maximum atomic E-state index is 10.6. The number of benzene rings is 2. The average Bonchev–Trinajstić information content (AvgIpc) is 2.53. The van der Waals surface area contributed by atoms with Gasteiger partial charge in [-0.3, -0.25) is 4.79 Å². The van der Waals surface area contributed by atoms with Crippen molar-refractivity contribution in [2.24, 2.45) is 5.73 Å². The standard InChI is InChI=1S/C9H11NO2.C7H8O3S.Na/c10-6-9(11)12-7-8-4-2-1-3-5-8;1-6-2-4-7(5-3-6)11(8,9)10;/h1-5H,6-7,10H2;2-5H,1H3,(H,8,9,10);/q;;+1/p-1. The molecule has 0 saturated heterocycles. The number of carbonyl (C=O) groups is 1. The van der Waals surface area contributed by atoms with E-state index in [1.807, 2.05) is 37.3 Å². The van der Waals surface area contributed by atoms with E-state index in [1.54, 1.807) is 12.1 Å². The van der Waals surface area contributed by atoms with Crippen LogP contribution in [0.25, 0.3) is 0 Å². The third-order valence-electron chi connectivity index (χ3n) is 2.72. The molecule has 6 nitrogen and oxygen atoms in total. The molecule has 0 spiro atoms. The second-order valence-corrected chi connectivity index (χ2v) is 6.00. The van der Waals surface area contributed by atoms with Crippen LogP contribution in [0.1, 0.15) is 11.1 Å². The zero-order valence-corrected chi connectivity index (χ0v) is 16.5. The number of aryl methyl sites for hydroxylation is 1. The fraction of sp³-hybridized carbons (Fsp3) is 0.188. The third-order valence-corrected chi connectivity index (χ3v) is 3.57. The van der Waals surface area contributed by atoms with Crippen molar-refractivity contribution in [1.29, 1.82) is 0 Å². The summed E-state index contributed by atoms with van der Waals surface area (Å²) in [6.45, 7) is 2.06. The van der Waals surface area contributed by atoms with Gasteiger partial charge in [-0.15, -0.1) is 0 Å². The van der Waals surface area contributed by atoms with Crippen LogP contribution in [-0.2, 0) is 26.3 Å². The van der Waals surface area contributed by atoms with Gasteiger partial charge in [-0.05, 0) is 24.6 Å². The normalized spacial score (nSPS) is 9.96. The van der Waals surface area contributed by atoms with E-state index in [9.17, 15) is 17.8 Å². The first-order chi connectivity index (χ1) is 10.8. The number of esters is 1. The van der Waals surface area contributed by atoms with Gasteiger partial charge in [0.15, 0.2) is 0 Å². The van der Waals surface area contributed by atoms with Gasteiger partial charge in [0, 0.05) is 0 Å². The minimum atomic E-state index is -4.27. The Labute approximate surface area is 164 Å².